The van der Waals surface area contributed by atoms with Crippen LogP contribution >= 0.6 is 11.3 Å². The number of nitrogens with zero attached hydrogens (tertiary/aromatic N) is 3. The summed E-state index contributed by atoms with van der Waals surface area (Å²) in [5.74, 6) is 0.669. The van der Waals surface area contributed by atoms with Gasteiger partial charge < -0.3 is 9.63 Å². The molecule has 7 nitrogen and oxygen atoms in total. The van der Waals surface area contributed by atoms with Gasteiger partial charge in [0, 0.05) is 35.9 Å². The number of aliphatic hydroxyl groups is 1. The lowest BCUT2D eigenvalue weighted by Gasteiger charge is -2.37. The maximum Gasteiger partial charge on any atom is 0.252 e. The minimum atomic E-state index is -3.62. The molecule has 28 heavy (non-hydrogen) atoms. The van der Waals surface area contributed by atoms with Crippen LogP contribution < -0.4 is 0 Å². The number of piperidine rings is 1. The minimum Gasteiger partial charge on any atom is -0.385 e. The average Bonchev–Trinajstić information content (AvgIpc) is 3.30. The number of hydrogen-bond acceptors (Lipinski definition) is 7. The van der Waals surface area contributed by atoms with Crippen molar-refractivity contribution in [3.63, 3.8) is 0 Å². The van der Waals surface area contributed by atoms with Crippen molar-refractivity contribution in [2.24, 2.45) is 0 Å². The standard InChI is InChI=1S/C19H21N3O4S2/c1-13-18(14(2)26-21-13)16-5-6-17(27-16)28(24,25)22-10-7-19(23,8-11-22)15-4-3-9-20-12-15/h3-6,9,12,23H,7-8,10-11H2,1-2H3. The van der Waals surface area contributed by atoms with Crippen molar-refractivity contribution in [3.05, 3.63) is 53.7 Å². The van der Waals surface area contributed by atoms with Crippen LogP contribution in [-0.4, -0.2) is 41.1 Å². The Kier molecular flexibility index (Phi) is 4.86. The van der Waals surface area contributed by atoms with Gasteiger partial charge in [-0.25, -0.2) is 8.42 Å². The molecule has 0 spiro atoms. The van der Waals surface area contributed by atoms with Crippen LogP contribution in [0, 0.1) is 13.8 Å². The first-order valence-corrected chi connectivity index (χ1v) is 11.2. The number of sulfonamides is 1. The predicted molar refractivity (Wildman–Crippen MR) is 105 cm³/mol. The van der Waals surface area contributed by atoms with Crippen molar-refractivity contribution in [3.8, 4) is 10.4 Å². The van der Waals surface area contributed by atoms with Crippen molar-refractivity contribution >= 4 is 21.4 Å². The quantitative estimate of drug-likeness (QED) is 0.698. The van der Waals surface area contributed by atoms with Crippen molar-refractivity contribution in [2.45, 2.75) is 36.5 Å². The summed E-state index contributed by atoms with van der Waals surface area (Å²) in [5, 5.41) is 14.8. The lowest BCUT2D eigenvalue weighted by Crippen LogP contribution is -2.44. The largest absolute Gasteiger partial charge is 0.385 e. The Morgan fingerprint density at radius 1 is 1.21 bits per heavy atom. The van der Waals surface area contributed by atoms with E-state index in [0.717, 1.165) is 21.7 Å². The molecule has 1 fully saturated rings. The SMILES string of the molecule is Cc1noc(C)c1-c1ccc(S(=O)(=O)N2CCC(O)(c3cccnc3)CC2)s1. The van der Waals surface area contributed by atoms with Crippen LogP contribution in [0.15, 0.2) is 45.4 Å². The van der Waals surface area contributed by atoms with Gasteiger partial charge in [0.05, 0.1) is 16.9 Å². The molecule has 3 aromatic heterocycles. The third-order valence-corrected chi connectivity index (χ3v) is 8.67. The first kappa shape index (κ1) is 19.3. The van der Waals surface area contributed by atoms with Gasteiger partial charge in [-0.05, 0) is 44.9 Å². The monoisotopic (exact) mass is 419 g/mol. The highest BCUT2D eigenvalue weighted by Gasteiger charge is 2.39. The zero-order valence-electron chi connectivity index (χ0n) is 15.6. The summed E-state index contributed by atoms with van der Waals surface area (Å²) in [7, 11) is -3.62. The van der Waals surface area contributed by atoms with E-state index < -0.39 is 15.6 Å². The second-order valence-electron chi connectivity index (χ2n) is 7.00. The lowest BCUT2D eigenvalue weighted by atomic mass is 9.86. The third kappa shape index (κ3) is 3.28. The Labute approximate surface area is 167 Å². The van der Waals surface area contributed by atoms with Crippen LogP contribution in [0.2, 0.25) is 0 Å². The van der Waals surface area contributed by atoms with Gasteiger partial charge in [0.25, 0.3) is 10.0 Å². The molecule has 148 valence electrons. The number of pyridine rings is 1. The molecule has 3 aromatic rings. The van der Waals surface area contributed by atoms with E-state index in [4.69, 9.17) is 4.52 Å². The molecule has 1 aliphatic heterocycles. The summed E-state index contributed by atoms with van der Waals surface area (Å²) >= 11 is 1.21. The Bertz CT molecular complexity index is 1060. The number of hydrogen-bond donors (Lipinski definition) is 1. The molecular weight excluding hydrogens is 398 g/mol. The molecule has 0 aliphatic carbocycles. The fourth-order valence-electron chi connectivity index (χ4n) is 3.58. The molecule has 0 amide bonds. The fourth-order valence-corrected chi connectivity index (χ4v) is 6.63. The van der Waals surface area contributed by atoms with Crippen LogP contribution in [-0.2, 0) is 15.6 Å². The molecule has 1 saturated heterocycles. The normalized spacial score (nSPS) is 17.7. The maximum atomic E-state index is 13.1. The van der Waals surface area contributed by atoms with Gasteiger partial charge in [-0.2, -0.15) is 4.31 Å². The van der Waals surface area contributed by atoms with E-state index in [9.17, 15) is 13.5 Å². The minimum absolute atomic E-state index is 0.256. The predicted octanol–water partition coefficient (Wildman–Crippen LogP) is 3.09. The summed E-state index contributed by atoms with van der Waals surface area (Å²) in [6, 6.07) is 7.02. The number of thiophene rings is 1. The van der Waals surface area contributed by atoms with Gasteiger partial charge in [-0.3, -0.25) is 4.98 Å². The van der Waals surface area contributed by atoms with E-state index in [1.54, 1.807) is 30.6 Å². The van der Waals surface area contributed by atoms with E-state index in [1.165, 1.54) is 15.6 Å². The molecular formula is C19H21N3O4S2. The van der Waals surface area contributed by atoms with Crippen LogP contribution in [0.1, 0.15) is 29.9 Å². The Morgan fingerprint density at radius 2 is 1.96 bits per heavy atom. The lowest BCUT2D eigenvalue weighted by molar-refractivity contribution is -0.00986. The molecule has 4 rings (SSSR count). The van der Waals surface area contributed by atoms with Crippen molar-refractivity contribution in [1.82, 2.24) is 14.4 Å². The van der Waals surface area contributed by atoms with Crippen LogP contribution in [0.3, 0.4) is 0 Å². The second-order valence-corrected chi connectivity index (χ2v) is 10.2. The van der Waals surface area contributed by atoms with Gasteiger partial charge >= 0.3 is 0 Å². The van der Waals surface area contributed by atoms with E-state index in [0.29, 0.717) is 18.6 Å². The molecule has 1 N–H and O–H groups in total. The van der Waals surface area contributed by atoms with E-state index in [-0.39, 0.29) is 17.3 Å². The zero-order valence-corrected chi connectivity index (χ0v) is 17.3. The molecule has 0 atom stereocenters. The van der Waals surface area contributed by atoms with E-state index in [1.807, 2.05) is 19.9 Å². The summed E-state index contributed by atoms with van der Waals surface area (Å²) in [4.78, 5) is 4.88. The van der Waals surface area contributed by atoms with Gasteiger partial charge in [-0.15, -0.1) is 11.3 Å². The molecule has 0 aromatic carbocycles. The topological polar surface area (TPSA) is 96.5 Å². The van der Waals surface area contributed by atoms with Gasteiger partial charge in [0.1, 0.15) is 9.97 Å². The van der Waals surface area contributed by atoms with Crippen molar-refractivity contribution in [1.29, 1.82) is 0 Å². The highest BCUT2D eigenvalue weighted by molar-refractivity contribution is 7.91. The number of rotatable bonds is 4. The Balaban J connectivity index is 1.54. The molecule has 0 radical (unpaired) electrons. The molecule has 4 heterocycles. The Morgan fingerprint density at radius 3 is 2.57 bits per heavy atom. The first-order valence-electron chi connectivity index (χ1n) is 8.97. The van der Waals surface area contributed by atoms with Crippen molar-refractivity contribution < 1.29 is 18.0 Å². The van der Waals surface area contributed by atoms with Crippen LogP contribution in [0.5, 0.6) is 0 Å². The molecule has 1 aliphatic rings. The van der Waals surface area contributed by atoms with Gasteiger partial charge in [0.15, 0.2) is 0 Å². The van der Waals surface area contributed by atoms with E-state index in [2.05, 4.69) is 10.1 Å². The Hall–Kier alpha value is -2.07. The summed E-state index contributed by atoms with van der Waals surface area (Å²) < 4.78 is 33.1. The van der Waals surface area contributed by atoms with Gasteiger partial charge in [0.2, 0.25) is 0 Å². The second kappa shape index (κ2) is 7.07. The molecule has 9 heteroatoms. The molecule has 0 bridgehead atoms. The summed E-state index contributed by atoms with van der Waals surface area (Å²) in [5.41, 5.74) is 1.26. The summed E-state index contributed by atoms with van der Waals surface area (Å²) in [6.07, 6.45) is 3.96. The summed E-state index contributed by atoms with van der Waals surface area (Å²) in [6.45, 7) is 4.16. The molecule has 0 saturated carbocycles. The molecule has 0 unspecified atom stereocenters. The van der Waals surface area contributed by atoms with E-state index >= 15 is 0 Å². The number of aryl methyl sites for hydroxylation is 2. The maximum absolute atomic E-state index is 13.1. The first-order chi connectivity index (χ1) is 13.3. The highest BCUT2D eigenvalue weighted by atomic mass is 32.2. The highest BCUT2D eigenvalue weighted by Crippen LogP contribution is 2.38. The zero-order chi connectivity index (χ0) is 19.9. The number of aromatic nitrogens is 2. The van der Waals surface area contributed by atoms with Crippen LogP contribution in [0.25, 0.3) is 10.4 Å². The van der Waals surface area contributed by atoms with Crippen molar-refractivity contribution in [2.75, 3.05) is 13.1 Å². The average molecular weight is 420 g/mol. The third-order valence-electron chi connectivity index (χ3n) is 5.20. The van der Waals surface area contributed by atoms with Gasteiger partial charge in [-0.1, -0.05) is 11.2 Å². The van der Waals surface area contributed by atoms with Crippen LogP contribution in [0.4, 0.5) is 0 Å². The fraction of sp³-hybridized carbons (Fsp3) is 0.368. The smallest absolute Gasteiger partial charge is 0.252 e.